The van der Waals surface area contributed by atoms with Gasteiger partial charge in [0.15, 0.2) is 0 Å². The van der Waals surface area contributed by atoms with Crippen LogP contribution in [0.5, 0.6) is 0 Å². The second kappa shape index (κ2) is 11.0. The van der Waals surface area contributed by atoms with E-state index in [4.69, 9.17) is 4.74 Å². The lowest BCUT2D eigenvalue weighted by Crippen LogP contribution is -2.46. The summed E-state index contributed by atoms with van der Waals surface area (Å²) < 4.78 is 20.9. The van der Waals surface area contributed by atoms with Gasteiger partial charge in [-0.15, -0.1) is 16.4 Å². The van der Waals surface area contributed by atoms with Gasteiger partial charge in [0.05, 0.1) is 18.2 Å². The fraction of sp³-hybridized carbons (Fsp3) is 0.308. The van der Waals surface area contributed by atoms with Crippen molar-refractivity contribution in [3.63, 3.8) is 0 Å². The molecule has 186 valence electrons. The Balaban J connectivity index is 1.47. The van der Waals surface area contributed by atoms with Gasteiger partial charge in [-0.3, -0.25) is 9.59 Å². The number of aromatic nitrogens is 3. The molecule has 4 aromatic rings. The molecular formula is C26H26FN5O3S. The lowest BCUT2D eigenvalue weighted by Gasteiger charge is -2.31. The van der Waals surface area contributed by atoms with E-state index in [1.165, 1.54) is 33.1 Å². The molecule has 0 radical (unpaired) electrons. The van der Waals surface area contributed by atoms with Crippen molar-refractivity contribution in [2.45, 2.75) is 38.1 Å². The maximum absolute atomic E-state index is 13.8. The summed E-state index contributed by atoms with van der Waals surface area (Å²) in [7, 11) is 0. The Kier molecular flexibility index (Phi) is 7.33. The molecular weight excluding hydrogens is 481 g/mol. The molecule has 0 saturated carbocycles. The Morgan fingerprint density at radius 3 is 2.75 bits per heavy atom. The summed E-state index contributed by atoms with van der Waals surface area (Å²) in [5, 5.41) is 13.2. The van der Waals surface area contributed by atoms with Crippen LogP contribution in [0, 0.1) is 5.82 Å². The van der Waals surface area contributed by atoms with Gasteiger partial charge in [0.1, 0.15) is 23.9 Å². The maximum Gasteiger partial charge on any atom is 0.247 e. The van der Waals surface area contributed by atoms with Crippen LogP contribution in [-0.4, -0.2) is 51.0 Å². The molecule has 2 atom stereocenters. The average Bonchev–Trinajstić information content (AvgIpc) is 3.67. The summed E-state index contributed by atoms with van der Waals surface area (Å²) in [5.74, 6) is -1.06. The number of ether oxygens (including phenoxy) is 1. The van der Waals surface area contributed by atoms with Gasteiger partial charge in [0, 0.05) is 18.0 Å². The fourth-order valence-electron chi connectivity index (χ4n) is 4.38. The molecule has 1 aliphatic rings. The van der Waals surface area contributed by atoms with Crippen LogP contribution in [-0.2, 0) is 27.4 Å². The van der Waals surface area contributed by atoms with E-state index in [9.17, 15) is 14.0 Å². The first kappa shape index (κ1) is 24.1. The van der Waals surface area contributed by atoms with Gasteiger partial charge in [-0.05, 0) is 54.1 Å². The largest absolute Gasteiger partial charge is 0.376 e. The van der Waals surface area contributed by atoms with Crippen LogP contribution in [0.2, 0.25) is 0 Å². The highest BCUT2D eigenvalue weighted by Crippen LogP contribution is 2.26. The number of benzene rings is 2. The summed E-state index contributed by atoms with van der Waals surface area (Å²) in [6.07, 6.45) is 1.78. The number of hydrogen-bond acceptors (Lipinski definition) is 6. The topological polar surface area (TPSA) is 89.4 Å². The van der Waals surface area contributed by atoms with Crippen LogP contribution in [0.3, 0.4) is 0 Å². The zero-order chi connectivity index (χ0) is 24.9. The number of para-hydroxylation sites is 1. The highest BCUT2D eigenvalue weighted by molar-refractivity contribution is 7.09. The number of amides is 2. The Hall–Kier alpha value is -3.63. The molecule has 2 aromatic heterocycles. The Labute approximate surface area is 211 Å². The van der Waals surface area contributed by atoms with E-state index in [0.717, 1.165) is 23.2 Å². The number of nitrogens with zero attached hydrogens (tertiary/aromatic N) is 4. The van der Waals surface area contributed by atoms with Gasteiger partial charge in [-0.25, -0.2) is 9.07 Å². The zero-order valence-electron chi connectivity index (χ0n) is 19.5. The lowest BCUT2D eigenvalue weighted by atomic mass is 10.0. The first-order valence-electron chi connectivity index (χ1n) is 11.8. The third-order valence-electron chi connectivity index (χ3n) is 6.21. The minimum absolute atomic E-state index is 0.0502. The summed E-state index contributed by atoms with van der Waals surface area (Å²) in [6, 6.07) is 15.9. The van der Waals surface area contributed by atoms with Gasteiger partial charge in [0.25, 0.3) is 0 Å². The number of carbonyl (C=O) groups is 2. The van der Waals surface area contributed by atoms with Gasteiger partial charge in [-0.2, -0.15) is 0 Å². The number of halogens is 1. The van der Waals surface area contributed by atoms with Gasteiger partial charge < -0.3 is 15.0 Å². The van der Waals surface area contributed by atoms with Crippen molar-refractivity contribution in [1.82, 2.24) is 25.2 Å². The van der Waals surface area contributed by atoms with Crippen molar-refractivity contribution in [2.24, 2.45) is 0 Å². The smallest absolute Gasteiger partial charge is 0.247 e. The molecule has 0 spiro atoms. The number of nitrogens with one attached hydrogen (secondary N) is 1. The number of fused-ring (bicyclic) bond motifs is 1. The second-order valence-electron chi connectivity index (χ2n) is 8.67. The zero-order valence-corrected chi connectivity index (χ0v) is 20.4. The minimum Gasteiger partial charge on any atom is -0.376 e. The number of thiophene rings is 1. The molecule has 36 heavy (non-hydrogen) atoms. The number of rotatable bonds is 9. The third-order valence-corrected chi connectivity index (χ3v) is 7.07. The van der Waals surface area contributed by atoms with E-state index < -0.39 is 11.9 Å². The first-order valence-corrected chi connectivity index (χ1v) is 12.7. The molecule has 10 heteroatoms. The monoisotopic (exact) mass is 507 g/mol. The van der Waals surface area contributed by atoms with E-state index in [0.29, 0.717) is 24.2 Å². The molecule has 8 nitrogen and oxygen atoms in total. The highest BCUT2D eigenvalue weighted by Gasteiger charge is 2.33. The van der Waals surface area contributed by atoms with Crippen LogP contribution in [0.15, 0.2) is 66.0 Å². The van der Waals surface area contributed by atoms with Crippen LogP contribution < -0.4 is 5.32 Å². The highest BCUT2D eigenvalue weighted by atomic mass is 32.1. The summed E-state index contributed by atoms with van der Waals surface area (Å²) >= 11 is 1.50. The maximum atomic E-state index is 13.8. The predicted octanol–water partition coefficient (Wildman–Crippen LogP) is 3.70. The molecule has 1 saturated heterocycles. The minimum atomic E-state index is -0.962. The van der Waals surface area contributed by atoms with Crippen molar-refractivity contribution >= 4 is 34.2 Å². The second-order valence-corrected chi connectivity index (χ2v) is 9.70. The Morgan fingerprint density at radius 2 is 2.00 bits per heavy atom. The molecule has 2 aromatic carbocycles. The summed E-state index contributed by atoms with van der Waals surface area (Å²) in [4.78, 5) is 29.8. The molecule has 0 aliphatic carbocycles. The first-order chi connectivity index (χ1) is 17.6. The molecule has 1 aliphatic heterocycles. The lowest BCUT2D eigenvalue weighted by molar-refractivity contribution is -0.142. The van der Waals surface area contributed by atoms with E-state index in [-0.39, 0.29) is 31.0 Å². The van der Waals surface area contributed by atoms with Gasteiger partial charge in [0.2, 0.25) is 11.8 Å². The molecule has 0 bridgehead atoms. The normalized spacial score (nSPS) is 16.2. The molecule has 0 unspecified atom stereocenters. The van der Waals surface area contributed by atoms with Crippen LogP contribution in [0.4, 0.5) is 4.39 Å². The average molecular weight is 508 g/mol. The van der Waals surface area contributed by atoms with Crippen molar-refractivity contribution in [2.75, 3.05) is 13.2 Å². The molecule has 2 amide bonds. The molecule has 5 rings (SSSR count). The Morgan fingerprint density at radius 1 is 1.17 bits per heavy atom. The summed E-state index contributed by atoms with van der Waals surface area (Å²) in [6.45, 7) is 1.16. The van der Waals surface area contributed by atoms with E-state index in [2.05, 4.69) is 15.6 Å². The third kappa shape index (κ3) is 5.44. The van der Waals surface area contributed by atoms with Crippen molar-refractivity contribution in [3.8, 4) is 0 Å². The number of hydrogen-bond donors (Lipinski definition) is 1. The van der Waals surface area contributed by atoms with Crippen LogP contribution in [0.1, 0.15) is 29.3 Å². The van der Waals surface area contributed by atoms with E-state index in [1.54, 1.807) is 12.1 Å². The van der Waals surface area contributed by atoms with E-state index in [1.807, 2.05) is 41.8 Å². The standard InChI is InChI=1S/C26H26FN5O3S/c27-19-11-9-18(10-12-19)25(26(34)28-15-20-5-3-13-35-20)31(16-21-6-4-14-36-21)24(33)17-32-23-8-2-1-7-22(23)29-30-32/h1-2,4,6-12,14,20,25H,3,5,13,15-17H2,(H,28,34)/t20-,25-/m0/s1. The molecule has 1 N–H and O–H groups in total. The molecule has 1 fully saturated rings. The van der Waals surface area contributed by atoms with Gasteiger partial charge >= 0.3 is 0 Å². The Bertz CT molecular complexity index is 1320. The van der Waals surface area contributed by atoms with Crippen molar-refractivity contribution in [1.29, 1.82) is 0 Å². The number of carbonyl (C=O) groups excluding carboxylic acids is 2. The quantitative estimate of drug-likeness (QED) is 0.373. The molecule has 3 heterocycles. The van der Waals surface area contributed by atoms with Crippen molar-refractivity contribution < 1.29 is 18.7 Å². The van der Waals surface area contributed by atoms with E-state index >= 15 is 0 Å². The van der Waals surface area contributed by atoms with Crippen LogP contribution in [0.25, 0.3) is 11.0 Å². The summed E-state index contributed by atoms with van der Waals surface area (Å²) in [5.41, 5.74) is 1.93. The van der Waals surface area contributed by atoms with Crippen molar-refractivity contribution in [3.05, 3.63) is 82.3 Å². The SMILES string of the molecule is O=C(NC[C@@H]1CCCO1)[C@H](c1ccc(F)cc1)N(Cc1cccs1)C(=O)Cn1nnc2ccccc21. The van der Waals surface area contributed by atoms with Gasteiger partial charge in [-0.1, -0.05) is 35.5 Å². The predicted molar refractivity (Wildman–Crippen MR) is 134 cm³/mol. The fourth-order valence-corrected chi connectivity index (χ4v) is 5.08. The van der Waals surface area contributed by atoms with Crippen LogP contribution >= 0.6 is 11.3 Å².